The molecule has 6 nitrogen and oxygen atoms in total. The van der Waals surface area contributed by atoms with Crippen LogP contribution in [0.4, 0.5) is 10.1 Å². The van der Waals surface area contributed by atoms with Crippen molar-refractivity contribution in [1.29, 1.82) is 0 Å². The van der Waals surface area contributed by atoms with E-state index < -0.39 is 27.6 Å². The summed E-state index contributed by atoms with van der Waals surface area (Å²) in [4.78, 5) is 27.6. The summed E-state index contributed by atoms with van der Waals surface area (Å²) in [6.07, 6.45) is 1.80. The standard InChI is InChI=1S/C27H23Cl2FN2O4S/c28-21-8-6-18(26(33)31-19-10-12-37(35,36)15-19)14-20(21)16-7-9-24-17(13-16)3-2-11-32(24)27(34)25-22(29)4-1-5-23(25)30/h1,4-9,13-14,19H,2-3,10-12,15H2,(H,31,33). The van der Waals surface area contributed by atoms with Crippen LogP contribution >= 0.6 is 23.2 Å². The predicted molar refractivity (Wildman–Crippen MR) is 143 cm³/mol. The number of halogens is 3. The molecule has 0 spiro atoms. The fourth-order valence-electron chi connectivity index (χ4n) is 4.88. The van der Waals surface area contributed by atoms with Gasteiger partial charge in [0.05, 0.1) is 22.1 Å². The number of amides is 2. The van der Waals surface area contributed by atoms with Gasteiger partial charge in [-0.2, -0.15) is 0 Å². The molecular formula is C27H23Cl2FN2O4S. The summed E-state index contributed by atoms with van der Waals surface area (Å²) in [7, 11) is -3.12. The lowest BCUT2D eigenvalue weighted by atomic mass is 9.94. The molecule has 10 heteroatoms. The average molecular weight is 561 g/mol. The van der Waals surface area contributed by atoms with E-state index >= 15 is 0 Å². The van der Waals surface area contributed by atoms with E-state index in [0.717, 1.165) is 11.1 Å². The third-order valence-electron chi connectivity index (χ3n) is 6.73. The molecule has 1 unspecified atom stereocenters. The van der Waals surface area contributed by atoms with Crippen molar-refractivity contribution in [3.8, 4) is 11.1 Å². The van der Waals surface area contributed by atoms with E-state index in [1.54, 1.807) is 30.3 Å². The number of anilines is 1. The Kier molecular flexibility index (Phi) is 7.00. The minimum absolute atomic E-state index is 0.0582. The van der Waals surface area contributed by atoms with Crippen LogP contribution in [0.15, 0.2) is 54.6 Å². The van der Waals surface area contributed by atoms with Gasteiger partial charge in [0.15, 0.2) is 9.84 Å². The highest BCUT2D eigenvalue weighted by Crippen LogP contribution is 2.36. The second-order valence-corrected chi connectivity index (χ2v) is 12.3. The molecule has 37 heavy (non-hydrogen) atoms. The summed E-state index contributed by atoms with van der Waals surface area (Å²) < 4.78 is 37.9. The zero-order valence-electron chi connectivity index (χ0n) is 19.6. The third-order valence-corrected chi connectivity index (χ3v) is 9.14. The number of aryl methyl sites for hydroxylation is 1. The van der Waals surface area contributed by atoms with Gasteiger partial charge in [0.1, 0.15) is 5.82 Å². The maximum Gasteiger partial charge on any atom is 0.262 e. The third kappa shape index (κ3) is 5.23. The highest BCUT2D eigenvalue weighted by atomic mass is 35.5. The van der Waals surface area contributed by atoms with Crippen LogP contribution in [0, 0.1) is 5.82 Å². The van der Waals surface area contributed by atoms with Gasteiger partial charge < -0.3 is 10.2 Å². The minimum Gasteiger partial charge on any atom is -0.348 e. The van der Waals surface area contributed by atoms with Crippen LogP contribution in [-0.4, -0.2) is 44.3 Å². The molecule has 0 bridgehead atoms. The summed E-state index contributed by atoms with van der Waals surface area (Å²) in [5, 5.41) is 3.30. The van der Waals surface area contributed by atoms with Gasteiger partial charge in [0, 0.05) is 34.4 Å². The number of benzene rings is 3. The Hall–Kier alpha value is -2.94. The van der Waals surface area contributed by atoms with Gasteiger partial charge in [-0.05, 0) is 72.9 Å². The molecule has 1 N–H and O–H groups in total. The molecule has 3 aromatic carbocycles. The van der Waals surface area contributed by atoms with Crippen molar-refractivity contribution in [2.75, 3.05) is 23.0 Å². The maximum atomic E-state index is 14.4. The lowest BCUT2D eigenvalue weighted by Crippen LogP contribution is -2.36. The molecule has 2 aliphatic heterocycles. The van der Waals surface area contributed by atoms with Gasteiger partial charge in [0.25, 0.3) is 11.8 Å². The van der Waals surface area contributed by atoms with Crippen LogP contribution in [0.3, 0.4) is 0 Å². The molecule has 0 aliphatic carbocycles. The molecule has 2 aliphatic rings. The van der Waals surface area contributed by atoms with Crippen LogP contribution in [0.1, 0.15) is 39.1 Å². The number of sulfone groups is 1. The Morgan fingerprint density at radius 3 is 2.57 bits per heavy atom. The van der Waals surface area contributed by atoms with E-state index in [4.69, 9.17) is 23.2 Å². The van der Waals surface area contributed by atoms with E-state index in [2.05, 4.69) is 5.32 Å². The monoisotopic (exact) mass is 560 g/mol. The quantitative estimate of drug-likeness (QED) is 0.468. The number of nitrogens with one attached hydrogen (secondary N) is 1. The van der Waals surface area contributed by atoms with Crippen LogP contribution in [0.2, 0.25) is 10.0 Å². The molecule has 0 saturated carbocycles. The largest absolute Gasteiger partial charge is 0.348 e. The second kappa shape index (κ2) is 10.1. The van der Waals surface area contributed by atoms with E-state index in [1.807, 2.05) is 6.07 Å². The first-order chi connectivity index (χ1) is 17.6. The highest BCUT2D eigenvalue weighted by Gasteiger charge is 2.30. The van der Waals surface area contributed by atoms with Crippen molar-refractivity contribution in [2.45, 2.75) is 25.3 Å². The topological polar surface area (TPSA) is 83.6 Å². The number of hydrogen-bond acceptors (Lipinski definition) is 4. The number of carbonyl (C=O) groups is 2. The Bertz CT molecular complexity index is 1510. The fourth-order valence-corrected chi connectivity index (χ4v) is 7.02. The van der Waals surface area contributed by atoms with E-state index in [-0.39, 0.29) is 28.0 Å². The molecule has 1 saturated heterocycles. The maximum absolute atomic E-state index is 14.4. The Balaban J connectivity index is 1.43. The first kappa shape index (κ1) is 25.7. The molecule has 0 radical (unpaired) electrons. The van der Waals surface area contributed by atoms with Crippen molar-refractivity contribution in [2.24, 2.45) is 0 Å². The normalized spacial score (nSPS) is 18.4. The van der Waals surface area contributed by atoms with E-state index in [0.29, 0.717) is 47.6 Å². The Morgan fingerprint density at radius 1 is 1.03 bits per heavy atom. The SMILES string of the molecule is O=C(NC1CCS(=O)(=O)C1)c1ccc(Cl)c(-c2ccc3c(c2)CCCN3C(=O)c2c(F)cccc2Cl)c1. The zero-order chi connectivity index (χ0) is 26.3. The number of hydrogen-bond donors (Lipinski definition) is 1. The summed E-state index contributed by atoms with van der Waals surface area (Å²) in [6, 6.07) is 14.2. The van der Waals surface area contributed by atoms with Crippen LogP contribution in [-0.2, 0) is 16.3 Å². The van der Waals surface area contributed by atoms with Crippen molar-refractivity contribution in [1.82, 2.24) is 5.32 Å². The lowest BCUT2D eigenvalue weighted by Gasteiger charge is -2.30. The summed E-state index contributed by atoms with van der Waals surface area (Å²) in [5.41, 5.74) is 3.18. The average Bonchev–Trinajstić information content (AvgIpc) is 3.21. The van der Waals surface area contributed by atoms with Crippen molar-refractivity contribution in [3.05, 3.63) is 87.2 Å². The lowest BCUT2D eigenvalue weighted by molar-refractivity contribution is 0.0939. The van der Waals surface area contributed by atoms with Crippen LogP contribution in [0.25, 0.3) is 11.1 Å². The van der Waals surface area contributed by atoms with Gasteiger partial charge >= 0.3 is 0 Å². The molecule has 2 amide bonds. The number of fused-ring (bicyclic) bond motifs is 1. The number of rotatable bonds is 4. The number of carbonyl (C=O) groups excluding carboxylic acids is 2. The molecule has 1 atom stereocenters. The van der Waals surface area contributed by atoms with Gasteiger partial charge in [0.2, 0.25) is 0 Å². The van der Waals surface area contributed by atoms with Crippen molar-refractivity contribution in [3.63, 3.8) is 0 Å². The first-order valence-corrected chi connectivity index (χ1v) is 14.4. The minimum atomic E-state index is -3.12. The summed E-state index contributed by atoms with van der Waals surface area (Å²) in [6.45, 7) is 0.434. The molecule has 0 aromatic heterocycles. The van der Waals surface area contributed by atoms with Gasteiger partial charge in [-0.15, -0.1) is 0 Å². The second-order valence-electron chi connectivity index (χ2n) is 9.27. The van der Waals surface area contributed by atoms with Gasteiger partial charge in [-0.3, -0.25) is 9.59 Å². The summed E-state index contributed by atoms with van der Waals surface area (Å²) >= 11 is 12.6. The van der Waals surface area contributed by atoms with E-state index in [1.165, 1.54) is 23.1 Å². The molecule has 3 aromatic rings. The van der Waals surface area contributed by atoms with Crippen LogP contribution < -0.4 is 10.2 Å². The molecule has 5 rings (SSSR count). The molecule has 1 fully saturated rings. The van der Waals surface area contributed by atoms with Crippen LogP contribution in [0.5, 0.6) is 0 Å². The smallest absolute Gasteiger partial charge is 0.262 e. The molecule has 2 heterocycles. The highest BCUT2D eigenvalue weighted by molar-refractivity contribution is 7.91. The summed E-state index contributed by atoms with van der Waals surface area (Å²) in [5.74, 6) is -1.52. The van der Waals surface area contributed by atoms with Crippen molar-refractivity contribution < 1.29 is 22.4 Å². The van der Waals surface area contributed by atoms with Crippen molar-refractivity contribution >= 4 is 50.5 Å². The Morgan fingerprint density at radius 2 is 1.84 bits per heavy atom. The predicted octanol–water partition coefficient (Wildman–Crippen LogP) is 5.31. The fraction of sp³-hybridized carbons (Fsp3) is 0.259. The first-order valence-electron chi connectivity index (χ1n) is 11.8. The van der Waals surface area contributed by atoms with Gasteiger partial charge in [-0.1, -0.05) is 35.3 Å². The molecular weight excluding hydrogens is 538 g/mol. The van der Waals surface area contributed by atoms with E-state index in [9.17, 15) is 22.4 Å². The Labute approximate surface area is 224 Å². The number of nitrogens with zero attached hydrogens (tertiary/aromatic N) is 1. The van der Waals surface area contributed by atoms with Gasteiger partial charge in [-0.25, -0.2) is 12.8 Å². The zero-order valence-corrected chi connectivity index (χ0v) is 22.0. The molecule has 192 valence electrons.